The van der Waals surface area contributed by atoms with E-state index >= 15 is 0 Å². The van der Waals surface area contributed by atoms with Gasteiger partial charge in [-0.2, -0.15) is 0 Å². The van der Waals surface area contributed by atoms with E-state index in [2.05, 4.69) is 5.32 Å². The zero-order valence-electron chi connectivity index (χ0n) is 13.4. The van der Waals surface area contributed by atoms with E-state index in [0.29, 0.717) is 0 Å². The SMILES string of the molecule is COc1cccc(CC(=O)NCC(O)c2csc3ccccc23)c1. The Morgan fingerprint density at radius 2 is 2.08 bits per heavy atom. The molecule has 0 saturated heterocycles. The van der Waals surface area contributed by atoms with Crippen LogP contribution in [-0.2, 0) is 11.2 Å². The zero-order chi connectivity index (χ0) is 16.9. The Hall–Kier alpha value is -2.37. The fourth-order valence-electron chi connectivity index (χ4n) is 2.61. The summed E-state index contributed by atoms with van der Waals surface area (Å²) in [6.07, 6.45) is -0.454. The van der Waals surface area contributed by atoms with Crippen LogP contribution in [0.4, 0.5) is 0 Å². The average Bonchev–Trinajstić information content (AvgIpc) is 3.04. The molecule has 0 aliphatic carbocycles. The molecule has 1 heterocycles. The number of hydrogen-bond acceptors (Lipinski definition) is 4. The summed E-state index contributed by atoms with van der Waals surface area (Å²) in [6, 6.07) is 15.4. The summed E-state index contributed by atoms with van der Waals surface area (Å²) in [5.74, 6) is 0.604. The molecule has 1 amide bonds. The van der Waals surface area contributed by atoms with Crippen molar-refractivity contribution < 1.29 is 14.6 Å². The molecule has 3 aromatic rings. The lowest BCUT2D eigenvalue weighted by Gasteiger charge is -2.12. The number of hydrogen-bond donors (Lipinski definition) is 2. The van der Waals surface area contributed by atoms with Gasteiger partial charge in [0.25, 0.3) is 0 Å². The number of thiophene rings is 1. The molecule has 0 radical (unpaired) electrons. The number of methoxy groups -OCH3 is 1. The van der Waals surface area contributed by atoms with Gasteiger partial charge < -0.3 is 15.2 Å². The summed E-state index contributed by atoms with van der Waals surface area (Å²) in [6.45, 7) is 0.198. The molecule has 0 bridgehead atoms. The molecule has 5 heteroatoms. The van der Waals surface area contributed by atoms with Crippen molar-refractivity contribution in [3.63, 3.8) is 0 Å². The fraction of sp³-hybridized carbons (Fsp3) is 0.211. The van der Waals surface area contributed by atoms with Crippen LogP contribution in [0.15, 0.2) is 53.9 Å². The van der Waals surface area contributed by atoms with Gasteiger partial charge in [-0.3, -0.25) is 4.79 Å². The molecule has 3 rings (SSSR count). The topological polar surface area (TPSA) is 58.6 Å². The minimum Gasteiger partial charge on any atom is -0.497 e. The Morgan fingerprint density at radius 3 is 2.92 bits per heavy atom. The van der Waals surface area contributed by atoms with E-state index in [-0.39, 0.29) is 18.9 Å². The number of aliphatic hydroxyl groups excluding tert-OH is 1. The standard InChI is InChI=1S/C19H19NO3S/c1-23-14-6-4-5-13(9-14)10-19(22)20-11-17(21)16-12-24-18-8-3-2-7-15(16)18/h2-9,12,17,21H,10-11H2,1H3,(H,20,22). The van der Waals surface area contributed by atoms with Gasteiger partial charge in [-0.1, -0.05) is 30.3 Å². The summed E-state index contributed by atoms with van der Waals surface area (Å²) < 4.78 is 6.29. The van der Waals surface area contributed by atoms with Crippen molar-refractivity contribution in [3.8, 4) is 5.75 Å². The van der Waals surface area contributed by atoms with Gasteiger partial charge in [0.1, 0.15) is 5.75 Å². The molecule has 0 saturated carbocycles. The normalized spacial score (nSPS) is 12.1. The molecule has 124 valence electrons. The summed E-state index contributed by atoms with van der Waals surface area (Å²) in [4.78, 5) is 12.1. The number of nitrogens with one attached hydrogen (secondary N) is 1. The highest BCUT2D eigenvalue weighted by molar-refractivity contribution is 7.17. The molecule has 2 aromatic carbocycles. The first-order chi connectivity index (χ1) is 11.7. The van der Waals surface area contributed by atoms with Gasteiger partial charge in [-0.25, -0.2) is 0 Å². The summed E-state index contributed by atoms with van der Waals surface area (Å²) >= 11 is 1.60. The molecule has 24 heavy (non-hydrogen) atoms. The maximum absolute atomic E-state index is 12.1. The number of carbonyl (C=O) groups excluding carboxylic acids is 1. The number of fused-ring (bicyclic) bond motifs is 1. The van der Waals surface area contributed by atoms with Crippen molar-refractivity contribution in [2.45, 2.75) is 12.5 Å². The third-order valence-corrected chi connectivity index (χ3v) is 4.84. The number of aliphatic hydroxyl groups is 1. The minimum atomic E-state index is -0.713. The van der Waals surface area contributed by atoms with Crippen LogP contribution in [-0.4, -0.2) is 24.7 Å². The average molecular weight is 341 g/mol. The molecule has 1 unspecified atom stereocenters. The van der Waals surface area contributed by atoms with Gasteiger partial charge in [0, 0.05) is 16.8 Å². The van der Waals surface area contributed by atoms with E-state index < -0.39 is 6.10 Å². The van der Waals surface area contributed by atoms with Crippen LogP contribution in [0.3, 0.4) is 0 Å². The van der Waals surface area contributed by atoms with Crippen molar-refractivity contribution in [2.75, 3.05) is 13.7 Å². The smallest absolute Gasteiger partial charge is 0.224 e. The Bertz CT molecular complexity index is 843. The van der Waals surface area contributed by atoms with E-state index in [0.717, 1.165) is 27.0 Å². The number of carbonyl (C=O) groups is 1. The Labute approximate surface area is 144 Å². The molecular weight excluding hydrogens is 322 g/mol. The number of benzene rings is 2. The molecule has 0 spiro atoms. The van der Waals surface area contributed by atoms with Gasteiger partial charge in [0.05, 0.1) is 19.6 Å². The number of rotatable bonds is 6. The highest BCUT2D eigenvalue weighted by Gasteiger charge is 2.14. The summed E-state index contributed by atoms with van der Waals surface area (Å²) in [5, 5.41) is 16.2. The molecule has 1 atom stereocenters. The number of ether oxygens (including phenoxy) is 1. The lowest BCUT2D eigenvalue weighted by Crippen LogP contribution is -2.29. The van der Waals surface area contributed by atoms with Gasteiger partial charge in [-0.05, 0) is 34.5 Å². The van der Waals surface area contributed by atoms with Gasteiger partial charge in [0.15, 0.2) is 0 Å². The van der Waals surface area contributed by atoms with Gasteiger partial charge in [0.2, 0.25) is 5.91 Å². The zero-order valence-corrected chi connectivity index (χ0v) is 14.2. The van der Waals surface area contributed by atoms with E-state index in [1.807, 2.05) is 53.9 Å². The molecule has 2 N–H and O–H groups in total. The number of amides is 1. The van der Waals surface area contributed by atoms with Crippen molar-refractivity contribution in [1.29, 1.82) is 0 Å². The quantitative estimate of drug-likeness (QED) is 0.723. The summed E-state index contributed by atoms with van der Waals surface area (Å²) in [5.41, 5.74) is 1.74. The molecule has 0 aliphatic rings. The minimum absolute atomic E-state index is 0.123. The monoisotopic (exact) mass is 341 g/mol. The van der Waals surface area contributed by atoms with E-state index in [4.69, 9.17) is 4.74 Å². The second-order valence-corrected chi connectivity index (χ2v) is 6.45. The second kappa shape index (κ2) is 7.47. The van der Waals surface area contributed by atoms with Crippen molar-refractivity contribution in [1.82, 2.24) is 5.32 Å². The maximum atomic E-state index is 12.1. The van der Waals surface area contributed by atoms with Crippen LogP contribution in [0.5, 0.6) is 5.75 Å². The lowest BCUT2D eigenvalue weighted by atomic mass is 10.1. The predicted molar refractivity (Wildman–Crippen MR) is 96.5 cm³/mol. The third kappa shape index (κ3) is 3.75. The van der Waals surface area contributed by atoms with Crippen LogP contribution < -0.4 is 10.1 Å². The molecule has 4 nitrogen and oxygen atoms in total. The first kappa shape index (κ1) is 16.5. The first-order valence-corrected chi connectivity index (χ1v) is 8.59. The van der Waals surface area contributed by atoms with E-state index in [9.17, 15) is 9.90 Å². The summed E-state index contributed by atoms with van der Waals surface area (Å²) in [7, 11) is 1.60. The Balaban J connectivity index is 1.59. The van der Waals surface area contributed by atoms with Gasteiger partial charge >= 0.3 is 0 Å². The Morgan fingerprint density at radius 1 is 1.25 bits per heavy atom. The largest absolute Gasteiger partial charge is 0.497 e. The highest BCUT2D eigenvalue weighted by Crippen LogP contribution is 2.29. The molecule has 1 aromatic heterocycles. The predicted octanol–water partition coefficient (Wildman–Crippen LogP) is 3.30. The first-order valence-electron chi connectivity index (χ1n) is 7.71. The Kier molecular flexibility index (Phi) is 5.13. The van der Waals surface area contributed by atoms with Crippen LogP contribution in [0.1, 0.15) is 17.2 Å². The van der Waals surface area contributed by atoms with Crippen LogP contribution in [0, 0.1) is 0 Å². The lowest BCUT2D eigenvalue weighted by molar-refractivity contribution is -0.120. The highest BCUT2D eigenvalue weighted by atomic mass is 32.1. The maximum Gasteiger partial charge on any atom is 0.224 e. The second-order valence-electron chi connectivity index (χ2n) is 5.54. The van der Waals surface area contributed by atoms with E-state index in [1.54, 1.807) is 18.4 Å². The molecule has 0 aliphatic heterocycles. The van der Waals surface area contributed by atoms with Gasteiger partial charge in [-0.15, -0.1) is 11.3 Å². The fourth-order valence-corrected chi connectivity index (χ4v) is 3.62. The third-order valence-electron chi connectivity index (χ3n) is 3.86. The van der Waals surface area contributed by atoms with Crippen molar-refractivity contribution in [2.24, 2.45) is 0 Å². The van der Waals surface area contributed by atoms with Crippen LogP contribution in [0.25, 0.3) is 10.1 Å². The van der Waals surface area contributed by atoms with Crippen molar-refractivity contribution in [3.05, 3.63) is 65.0 Å². The van der Waals surface area contributed by atoms with E-state index in [1.165, 1.54) is 0 Å². The van der Waals surface area contributed by atoms with Crippen LogP contribution in [0.2, 0.25) is 0 Å². The molecule has 0 fully saturated rings. The van der Waals surface area contributed by atoms with Crippen molar-refractivity contribution >= 4 is 27.3 Å². The molecular formula is C19H19NO3S. The van der Waals surface area contributed by atoms with Crippen LogP contribution >= 0.6 is 11.3 Å².